The Morgan fingerprint density at radius 2 is 1.94 bits per heavy atom. The van der Waals surface area contributed by atoms with Crippen molar-refractivity contribution in [2.75, 3.05) is 21.3 Å². The minimum Gasteiger partial charge on any atom is -0.469 e. The van der Waals surface area contributed by atoms with Crippen LogP contribution >= 0.6 is 0 Å². The van der Waals surface area contributed by atoms with Gasteiger partial charge < -0.3 is 19.5 Å². The van der Waals surface area contributed by atoms with E-state index >= 15 is 0 Å². The lowest BCUT2D eigenvalue weighted by molar-refractivity contribution is -0.241. The predicted octanol–water partition coefficient (Wildman–Crippen LogP) is -0.327. The summed E-state index contributed by atoms with van der Waals surface area (Å²) in [6, 6.07) is -0.301. The Kier molecular flexibility index (Phi) is 3.88. The summed E-state index contributed by atoms with van der Waals surface area (Å²) >= 11 is 0. The second-order valence-corrected chi connectivity index (χ2v) is 3.80. The molecule has 0 aliphatic carbocycles. The van der Waals surface area contributed by atoms with Crippen LogP contribution in [0.15, 0.2) is 0 Å². The number of hydrogen-bond acceptors (Lipinski definition) is 5. The summed E-state index contributed by atoms with van der Waals surface area (Å²) in [6.07, 6.45) is 0.120. The average Bonchev–Trinajstić information content (AvgIpc) is 2.27. The molecule has 0 aromatic carbocycles. The largest absolute Gasteiger partial charge is 0.469 e. The first-order valence-electron chi connectivity index (χ1n) is 4.96. The van der Waals surface area contributed by atoms with E-state index in [2.05, 4.69) is 10.1 Å². The first-order valence-corrected chi connectivity index (χ1v) is 4.96. The Morgan fingerprint density at radius 1 is 1.38 bits per heavy atom. The molecule has 16 heavy (non-hydrogen) atoms. The zero-order valence-electron chi connectivity index (χ0n) is 9.90. The van der Waals surface area contributed by atoms with Crippen molar-refractivity contribution in [1.29, 1.82) is 0 Å². The molecule has 1 rings (SSSR count). The molecule has 6 nitrogen and oxygen atoms in total. The fraction of sp³-hybridized carbons (Fsp3) is 0.800. The molecule has 1 saturated heterocycles. The molecule has 0 saturated carbocycles. The lowest BCUT2D eigenvalue weighted by Crippen LogP contribution is -2.67. The molecule has 1 amide bonds. The molecule has 1 heterocycles. The monoisotopic (exact) mass is 231 g/mol. The summed E-state index contributed by atoms with van der Waals surface area (Å²) in [7, 11) is 4.23. The molecule has 0 spiro atoms. The third-order valence-corrected chi connectivity index (χ3v) is 3.00. The normalized spacial score (nSPS) is 24.6. The smallest absolute Gasteiger partial charge is 0.307 e. The maximum absolute atomic E-state index is 11.5. The standard InChI is InChI=1S/C10H17NO5/c1-10(15-3,16-4)8-6(11-9(8)13)5-7(12)14-2/h6,8H,5H2,1-4H3,(H,11,13)/t6-,8-/m1/s1. The van der Waals surface area contributed by atoms with Gasteiger partial charge >= 0.3 is 5.97 Å². The van der Waals surface area contributed by atoms with Crippen LogP contribution in [-0.4, -0.2) is 45.0 Å². The van der Waals surface area contributed by atoms with Crippen molar-refractivity contribution in [3.8, 4) is 0 Å². The maximum atomic E-state index is 11.5. The highest BCUT2D eigenvalue weighted by atomic mass is 16.7. The number of methoxy groups -OCH3 is 3. The van der Waals surface area contributed by atoms with Gasteiger partial charge in [-0.05, 0) is 6.92 Å². The van der Waals surface area contributed by atoms with Gasteiger partial charge in [-0.25, -0.2) is 0 Å². The minimum atomic E-state index is -1.01. The first kappa shape index (κ1) is 12.9. The van der Waals surface area contributed by atoms with Crippen molar-refractivity contribution >= 4 is 11.9 Å². The number of carbonyl (C=O) groups is 2. The van der Waals surface area contributed by atoms with Crippen LogP contribution in [-0.2, 0) is 23.8 Å². The number of ether oxygens (including phenoxy) is 3. The molecule has 0 aromatic heterocycles. The van der Waals surface area contributed by atoms with E-state index < -0.39 is 11.7 Å². The van der Waals surface area contributed by atoms with Gasteiger partial charge in [-0.1, -0.05) is 0 Å². The molecule has 92 valence electrons. The van der Waals surface area contributed by atoms with Crippen LogP contribution in [0.2, 0.25) is 0 Å². The number of nitrogens with one attached hydrogen (secondary N) is 1. The summed E-state index contributed by atoms with van der Waals surface area (Å²) < 4.78 is 14.9. The second kappa shape index (κ2) is 4.80. The van der Waals surface area contributed by atoms with Gasteiger partial charge in [-0.15, -0.1) is 0 Å². The van der Waals surface area contributed by atoms with Gasteiger partial charge in [0.05, 0.1) is 19.6 Å². The van der Waals surface area contributed by atoms with Crippen LogP contribution in [0, 0.1) is 5.92 Å². The van der Waals surface area contributed by atoms with E-state index in [9.17, 15) is 9.59 Å². The lowest BCUT2D eigenvalue weighted by atomic mass is 9.81. The molecule has 1 N–H and O–H groups in total. The maximum Gasteiger partial charge on any atom is 0.307 e. The van der Waals surface area contributed by atoms with Crippen LogP contribution in [0.3, 0.4) is 0 Å². The van der Waals surface area contributed by atoms with Crippen molar-refractivity contribution in [2.24, 2.45) is 5.92 Å². The summed E-state index contributed by atoms with van der Waals surface area (Å²) in [6.45, 7) is 1.67. The number of carbonyl (C=O) groups excluding carboxylic acids is 2. The molecular weight excluding hydrogens is 214 g/mol. The number of rotatable bonds is 5. The third-order valence-electron chi connectivity index (χ3n) is 3.00. The third kappa shape index (κ3) is 2.17. The fourth-order valence-corrected chi connectivity index (χ4v) is 1.81. The van der Waals surface area contributed by atoms with E-state index in [1.54, 1.807) is 6.92 Å². The molecule has 0 aromatic rings. The van der Waals surface area contributed by atoms with Crippen molar-refractivity contribution in [3.63, 3.8) is 0 Å². The molecule has 0 bridgehead atoms. The van der Waals surface area contributed by atoms with E-state index in [1.807, 2.05) is 0 Å². The quantitative estimate of drug-likeness (QED) is 0.398. The molecule has 1 aliphatic rings. The molecular formula is C10H17NO5. The van der Waals surface area contributed by atoms with E-state index in [0.29, 0.717) is 0 Å². The zero-order valence-corrected chi connectivity index (χ0v) is 9.90. The molecule has 1 fully saturated rings. The highest BCUT2D eigenvalue weighted by Crippen LogP contribution is 2.32. The predicted molar refractivity (Wildman–Crippen MR) is 54.5 cm³/mol. The number of amides is 1. The number of esters is 1. The van der Waals surface area contributed by atoms with Crippen molar-refractivity contribution in [3.05, 3.63) is 0 Å². The van der Waals surface area contributed by atoms with E-state index in [0.717, 1.165) is 0 Å². The van der Waals surface area contributed by atoms with Crippen LogP contribution in [0.1, 0.15) is 13.3 Å². The van der Waals surface area contributed by atoms with Crippen LogP contribution in [0.5, 0.6) is 0 Å². The Bertz CT molecular complexity index is 287. The topological polar surface area (TPSA) is 73.9 Å². The first-order chi connectivity index (χ1) is 7.48. The van der Waals surface area contributed by atoms with Gasteiger partial charge in [-0.3, -0.25) is 9.59 Å². The SMILES string of the molecule is COC(=O)C[C@H]1NC(=O)[C@@H]1C(C)(OC)OC. The summed E-state index contributed by atoms with van der Waals surface area (Å²) in [5, 5.41) is 2.63. The summed E-state index contributed by atoms with van der Waals surface area (Å²) in [4.78, 5) is 22.6. The molecule has 0 radical (unpaired) electrons. The van der Waals surface area contributed by atoms with Crippen LogP contribution in [0.25, 0.3) is 0 Å². The number of β-lactam (4-membered cyclic amide) rings is 1. The molecule has 2 atom stereocenters. The Hall–Kier alpha value is -1.14. The highest BCUT2D eigenvalue weighted by Gasteiger charge is 2.52. The molecule has 6 heteroatoms. The number of hydrogen-bond donors (Lipinski definition) is 1. The lowest BCUT2D eigenvalue weighted by Gasteiger charge is -2.45. The fourth-order valence-electron chi connectivity index (χ4n) is 1.81. The Morgan fingerprint density at radius 3 is 2.31 bits per heavy atom. The highest BCUT2D eigenvalue weighted by molar-refractivity contribution is 5.88. The van der Waals surface area contributed by atoms with Gasteiger partial charge in [0.15, 0.2) is 5.79 Å². The second-order valence-electron chi connectivity index (χ2n) is 3.80. The average molecular weight is 231 g/mol. The van der Waals surface area contributed by atoms with Crippen molar-refractivity contribution in [1.82, 2.24) is 5.32 Å². The molecule has 0 unspecified atom stereocenters. The summed E-state index contributed by atoms with van der Waals surface area (Å²) in [5.74, 6) is -2.06. The van der Waals surface area contributed by atoms with Crippen LogP contribution in [0.4, 0.5) is 0 Å². The van der Waals surface area contributed by atoms with E-state index in [1.165, 1.54) is 21.3 Å². The van der Waals surface area contributed by atoms with Gasteiger partial charge in [0.1, 0.15) is 5.92 Å². The van der Waals surface area contributed by atoms with Gasteiger partial charge in [-0.2, -0.15) is 0 Å². The van der Waals surface area contributed by atoms with Gasteiger partial charge in [0, 0.05) is 14.2 Å². The Labute approximate surface area is 94.2 Å². The van der Waals surface area contributed by atoms with E-state index in [4.69, 9.17) is 9.47 Å². The van der Waals surface area contributed by atoms with Crippen molar-refractivity contribution < 1.29 is 23.8 Å². The van der Waals surface area contributed by atoms with E-state index in [-0.39, 0.29) is 24.3 Å². The summed E-state index contributed by atoms with van der Waals surface area (Å²) in [5.41, 5.74) is 0. The van der Waals surface area contributed by atoms with Gasteiger partial charge in [0.25, 0.3) is 0 Å². The molecule has 1 aliphatic heterocycles. The van der Waals surface area contributed by atoms with Gasteiger partial charge in [0.2, 0.25) is 5.91 Å². The zero-order chi connectivity index (χ0) is 12.3. The Balaban J connectivity index is 2.70. The van der Waals surface area contributed by atoms with Crippen molar-refractivity contribution in [2.45, 2.75) is 25.2 Å². The van der Waals surface area contributed by atoms with Crippen LogP contribution < -0.4 is 5.32 Å². The minimum absolute atomic E-state index is 0.120.